The van der Waals surface area contributed by atoms with E-state index in [1.165, 1.54) is 17.0 Å². The zero-order valence-corrected chi connectivity index (χ0v) is 13.6. The van der Waals surface area contributed by atoms with Gasteiger partial charge >= 0.3 is 0 Å². The first kappa shape index (κ1) is 15.7. The molecule has 116 valence electrons. The van der Waals surface area contributed by atoms with Crippen LogP contribution in [0, 0.1) is 13.8 Å². The van der Waals surface area contributed by atoms with E-state index in [1.54, 1.807) is 0 Å². The summed E-state index contributed by atoms with van der Waals surface area (Å²) in [7, 11) is 3.97. The number of nitrogens with two attached hydrogens (primary N) is 1. The van der Waals surface area contributed by atoms with E-state index in [2.05, 4.69) is 42.5 Å². The molecule has 0 amide bonds. The second kappa shape index (κ2) is 6.41. The maximum atomic E-state index is 5.76. The molecule has 3 N–H and O–H groups in total. The van der Waals surface area contributed by atoms with Crippen molar-refractivity contribution in [3.05, 3.63) is 34.4 Å². The molecule has 0 radical (unpaired) electrons. The summed E-state index contributed by atoms with van der Waals surface area (Å²) in [6.07, 6.45) is 2.68. The van der Waals surface area contributed by atoms with Crippen molar-refractivity contribution in [1.82, 2.24) is 25.0 Å². The molecule has 0 fully saturated rings. The van der Waals surface area contributed by atoms with E-state index in [4.69, 9.17) is 5.84 Å². The van der Waals surface area contributed by atoms with Gasteiger partial charge < -0.3 is 0 Å². The number of rotatable bonds is 6. The van der Waals surface area contributed by atoms with Gasteiger partial charge in [0, 0.05) is 37.9 Å². The number of aromatic nitrogens is 4. The van der Waals surface area contributed by atoms with Gasteiger partial charge in [0.15, 0.2) is 0 Å². The molecule has 0 aliphatic carbocycles. The van der Waals surface area contributed by atoms with Crippen LogP contribution in [-0.4, -0.2) is 25.6 Å². The number of aryl methyl sites for hydroxylation is 4. The molecule has 2 rings (SSSR count). The van der Waals surface area contributed by atoms with E-state index in [9.17, 15) is 0 Å². The highest BCUT2D eigenvalue weighted by atomic mass is 15.3. The molecule has 2 heterocycles. The predicted molar refractivity (Wildman–Crippen MR) is 83.8 cm³/mol. The summed E-state index contributed by atoms with van der Waals surface area (Å²) in [5, 5.41) is 8.96. The van der Waals surface area contributed by atoms with E-state index in [0.717, 1.165) is 30.7 Å². The highest BCUT2D eigenvalue weighted by molar-refractivity contribution is 5.26. The van der Waals surface area contributed by atoms with Crippen LogP contribution in [0.3, 0.4) is 0 Å². The zero-order chi connectivity index (χ0) is 15.6. The lowest BCUT2D eigenvalue weighted by molar-refractivity contribution is 0.503. The largest absolute Gasteiger partial charge is 0.272 e. The molecule has 6 heteroatoms. The summed E-state index contributed by atoms with van der Waals surface area (Å²) in [4.78, 5) is 0. The minimum Gasteiger partial charge on any atom is -0.272 e. The molecule has 21 heavy (non-hydrogen) atoms. The Morgan fingerprint density at radius 1 is 1.19 bits per heavy atom. The summed E-state index contributed by atoms with van der Waals surface area (Å²) in [6, 6.07) is 2.33. The maximum absolute atomic E-state index is 5.76. The maximum Gasteiger partial charge on any atom is 0.0628 e. The second-order valence-electron chi connectivity index (χ2n) is 5.65. The Kier molecular flexibility index (Phi) is 4.80. The molecule has 0 saturated heterocycles. The fourth-order valence-corrected chi connectivity index (χ4v) is 2.74. The minimum atomic E-state index is 0.173. The third kappa shape index (κ3) is 3.33. The van der Waals surface area contributed by atoms with Crippen LogP contribution in [0.2, 0.25) is 0 Å². The summed E-state index contributed by atoms with van der Waals surface area (Å²) in [5.74, 6) is 5.76. The van der Waals surface area contributed by atoms with E-state index in [-0.39, 0.29) is 6.04 Å². The van der Waals surface area contributed by atoms with Gasteiger partial charge in [-0.25, -0.2) is 0 Å². The van der Waals surface area contributed by atoms with Crippen molar-refractivity contribution in [2.24, 2.45) is 19.9 Å². The average Bonchev–Trinajstić information content (AvgIpc) is 2.92. The van der Waals surface area contributed by atoms with Crippen LogP contribution in [0.4, 0.5) is 0 Å². The Hall–Kier alpha value is -1.66. The molecule has 0 bridgehead atoms. The van der Waals surface area contributed by atoms with Crippen LogP contribution in [-0.2, 0) is 33.4 Å². The first-order chi connectivity index (χ1) is 9.96. The molecular weight excluding hydrogens is 264 g/mol. The Balaban J connectivity index is 2.14. The van der Waals surface area contributed by atoms with Gasteiger partial charge in [-0.3, -0.25) is 20.6 Å². The molecule has 0 spiro atoms. The highest BCUT2D eigenvalue weighted by Gasteiger charge is 2.17. The van der Waals surface area contributed by atoms with Crippen molar-refractivity contribution in [2.75, 3.05) is 0 Å². The Morgan fingerprint density at radius 3 is 2.38 bits per heavy atom. The van der Waals surface area contributed by atoms with Gasteiger partial charge in [0.2, 0.25) is 0 Å². The number of nitrogens with one attached hydrogen (secondary N) is 1. The van der Waals surface area contributed by atoms with Crippen LogP contribution in [0.5, 0.6) is 0 Å². The molecular formula is C15H26N6. The van der Waals surface area contributed by atoms with E-state index < -0.39 is 0 Å². The molecule has 0 aromatic carbocycles. The minimum absolute atomic E-state index is 0.173. The summed E-state index contributed by atoms with van der Waals surface area (Å²) in [5.41, 5.74) is 8.82. The molecule has 0 saturated carbocycles. The molecule has 1 unspecified atom stereocenters. The standard InChI is InChI=1S/C15H26N6/c1-6-12-7-14(21(5)19-12)8-13(17-16)9-15-10(2)18-20(4)11(15)3/h7,13,17H,6,8-9,16H2,1-5H3. The number of hydrogen-bond acceptors (Lipinski definition) is 4. The lowest BCUT2D eigenvalue weighted by Gasteiger charge is -2.16. The number of nitrogens with zero attached hydrogens (tertiary/aromatic N) is 4. The normalized spacial score (nSPS) is 12.9. The van der Waals surface area contributed by atoms with Gasteiger partial charge in [-0.15, -0.1) is 0 Å². The van der Waals surface area contributed by atoms with Crippen LogP contribution in [0.15, 0.2) is 6.07 Å². The van der Waals surface area contributed by atoms with Gasteiger partial charge in [-0.2, -0.15) is 10.2 Å². The predicted octanol–water partition coefficient (Wildman–Crippen LogP) is 0.950. The van der Waals surface area contributed by atoms with Crippen molar-refractivity contribution in [3.8, 4) is 0 Å². The lowest BCUT2D eigenvalue weighted by atomic mass is 10.0. The van der Waals surface area contributed by atoms with E-state index >= 15 is 0 Å². The monoisotopic (exact) mass is 290 g/mol. The van der Waals surface area contributed by atoms with Crippen LogP contribution in [0.25, 0.3) is 0 Å². The summed E-state index contributed by atoms with van der Waals surface area (Å²) >= 11 is 0. The van der Waals surface area contributed by atoms with Crippen molar-refractivity contribution >= 4 is 0 Å². The fraction of sp³-hybridized carbons (Fsp3) is 0.600. The van der Waals surface area contributed by atoms with Crippen LogP contribution in [0.1, 0.15) is 35.3 Å². The van der Waals surface area contributed by atoms with Crippen molar-refractivity contribution in [1.29, 1.82) is 0 Å². The molecule has 0 aliphatic heterocycles. The van der Waals surface area contributed by atoms with Gasteiger partial charge in [0.05, 0.1) is 11.4 Å². The van der Waals surface area contributed by atoms with Crippen LogP contribution >= 0.6 is 0 Å². The third-order valence-electron chi connectivity index (χ3n) is 4.19. The molecule has 0 aliphatic rings. The first-order valence-corrected chi connectivity index (χ1v) is 7.43. The number of hydrazine groups is 1. The second-order valence-corrected chi connectivity index (χ2v) is 5.65. The van der Waals surface area contributed by atoms with E-state index in [0.29, 0.717) is 0 Å². The van der Waals surface area contributed by atoms with Crippen molar-refractivity contribution in [3.63, 3.8) is 0 Å². The first-order valence-electron chi connectivity index (χ1n) is 7.43. The lowest BCUT2D eigenvalue weighted by Crippen LogP contribution is -2.39. The van der Waals surface area contributed by atoms with Gasteiger partial charge in [-0.05, 0) is 38.3 Å². The SMILES string of the molecule is CCc1cc(CC(Cc2c(C)nn(C)c2C)NN)n(C)n1. The molecule has 1 atom stereocenters. The highest BCUT2D eigenvalue weighted by Crippen LogP contribution is 2.16. The Bertz CT molecular complexity index is 610. The summed E-state index contributed by atoms with van der Waals surface area (Å²) < 4.78 is 3.88. The van der Waals surface area contributed by atoms with Gasteiger partial charge in [0.25, 0.3) is 0 Å². The van der Waals surface area contributed by atoms with Crippen molar-refractivity contribution in [2.45, 2.75) is 46.1 Å². The smallest absolute Gasteiger partial charge is 0.0628 e. The van der Waals surface area contributed by atoms with Gasteiger partial charge in [0.1, 0.15) is 0 Å². The van der Waals surface area contributed by atoms with Gasteiger partial charge in [-0.1, -0.05) is 6.92 Å². The van der Waals surface area contributed by atoms with Crippen LogP contribution < -0.4 is 11.3 Å². The van der Waals surface area contributed by atoms with Crippen molar-refractivity contribution < 1.29 is 0 Å². The Labute approximate surface area is 126 Å². The Morgan fingerprint density at radius 2 is 1.90 bits per heavy atom. The fourth-order valence-electron chi connectivity index (χ4n) is 2.74. The average molecular weight is 290 g/mol. The quantitative estimate of drug-likeness (QED) is 0.613. The summed E-state index contributed by atoms with van der Waals surface area (Å²) in [6.45, 7) is 6.27. The molecule has 6 nitrogen and oxygen atoms in total. The molecule has 2 aromatic rings. The third-order valence-corrected chi connectivity index (χ3v) is 4.19. The number of hydrogen-bond donors (Lipinski definition) is 2. The van der Waals surface area contributed by atoms with E-state index in [1.807, 2.05) is 23.5 Å². The topological polar surface area (TPSA) is 73.7 Å². The molecule has 2 aromatic heterocycles. The zero-order valence-electron chi connectivity index (χ0n) is 13.6.